The number of esters is 1. The molecule has 0 aliphatic heterocycles. The molecule has 0 bridgehead atoms. The normalized spacial score (nSPS) is 12.2. The number of fused-ring (bicyclic) bond motifs is 1. The molecule has 1 atom stereocenters. The maximum absolute atomic E-state index is 12.9. The highest BCUT2D eigenvalue weighted by molar-refractivity contribution is 5.77. The number of benzene rings is 2. The number of ether oxygens (including phenoxy) is 1. The summed E-state index contributed by atoms with van der Waals surface area (Å²) < 4.78 is 7.43. The number of aromatic nitrogens is 4. The Morgan fingerprint density at radius 1 is 1.10 bits per heavy atom. The molecule has 30 heavy (non-hydrogen) atoms. The Kier molecular flexibility index (Phi) is 5.93. The summed E-state index contributed by atoms with van der Waals surface area (Å²) in [6.45, 7) is 4.15. The molecular weight excluding hydrogens is 376 g/mol. The van der Waals surface area contributed by atoms with Crippen LogP contribution in [-0.2, 0) is 4.79 Å². The average Bonchev–Trinajstić information content (AvgIpc) is 3.39. The van der Waals surface area contributed by atoms with E-state index in [1.165, 1.54) is 0 Å². The second-order valence-corrected chi connectivity index (χ2v) is 7.39. The summed E-state index contributed by atoms with van der Waals surface area (Å²) in [7, 11) is 0. The number of H-pyrrole nitrogens is 1. The van der Waals surface area contributed by atoms with Crippen LogP contribution >= 0.6 is 0 Å². The minimum atomic E-state index is -0.220. The fraction of sp³-hybridized carbons (Fsp3) is 0.292. The summed E-state index contributed by atoms with van der Waals surface area (Å²) in [4.78, 5) is 20.7. The maximum atomic E-state index is 12.9. The lowest BCUT2D eigenvalue weighted by Crippen LogP contribution is -2.21. The number of unbranched alkanes of at least 4 members (excludes halogenated alkanes) is 1. The predicted molar refractivity (Wildman–Crippen MR) is 118 cm³/mol. The molecule has 2 heterocycles. The number of hydrogen-bond acceptors (Lipinski definition) is 4. The summed E-state index contributed by atoms with van der Waals surface area (Å²) in [6.07, 6.45) is 3.64. The molecule has 2 aromatic carbocycles. The average molecular weight is 402 g/mol. The van der Waals surface area contributed by atoms with Crippen molar-refractivity contribution in [2.75, 3.05) is 0 Å². The lowest BCUT2D eigenvalue weighted by Gasteiger charge is -2.13. The molecule has 0 unspecified atom stereocenters. The van der Waals surface area contributed by atoms with E-state index in [4.69, 9.17) is 9.84 Å². The summed E-state index contributed by atoms with van der Waals surface area (Å²) in [6, 6.07) is 19.4. The van der Waals surface area contributed by atoms with E-state index in [9.17, 15) is 4.79 Å². The fourth-order valence-electron chi connectivity index (χ4n) is 3.50. The second kappa shape index (κ2) is 8.95. The molecule has 154 valence electrons. The molecular formula is C24H26N4O2. The van der Waals surface area contributed by atoms with Gasteiger partial charge in [0, 0.05) is 11.6 Å². The second-order valence-electron chi connectivity index (χ2n) is 7.39. The van der Waals surface area contributed by atoms with Crippen LogP contribution in [0.1, 0.15) is 39.5 Å². The number of carbonyl (C=O) groups is 1. The zero-order valence-corrected chi connectivity index (χ0v) is 17.3. The zero-order chi connectivity index (χ0) is 20.9. The maximum Gasteiger partial charge on any atom is 0.315 e. The number of rotatable bonds is 8. The topological polar surface area (TPSA) is 72.8 Å². The molecule has 4 aromatic rings. The van der Waals surface area contributed by atoms with E-state index < -0.39 is 0 Å². The molecule has 1 N–H and O–H groups in total. The van der Waals surface area contributed by atoms with Gasteiger partial charge >= 0.3 is 5.97 Å². The van der Waals surface area contributed by atoms with Gasteiger partial charge < -0.3 is 9.72 Å². The van der Waals surface area contributed by atoms with E-state index in [1.807, 2.05) is 61.5 Å². The number of para-hydroxylation sites is 2. The van der Waals surface area contributed by atoms with Crippen LogP contribution in [0.2, 0.25) is 0 Å². The number of aromatic amines is 1. The molecule has 0 aliphatic rings. The van der Waals surface area contributed by atoms with E-state index in [0.717, 1.165) is 48.0 Å². The van der Waals surface area contributed by atoms with Crippen LogP contribution in [-0.4, -0.2) is 25.7 Å². The Balaban J connectivity index is 1.72. The Hall–Kier alpha value is -3.41. The number of carbonyl (C=O) groups excluding carboxylic acids is 1. The quantitative estimate of drug-likeness (QED) is 0.393. The van der Waals surface area contributed by atoms with Crippen LogP contribution in [0.3, 0.4) is 0 Å². The Bertz CT molecular complexity index is 1100. The number of hydrogen-bond donors (Lipinski definition) is 1. The molecule has 6 nitrogen and oxygen atoms in total. The highest BCUT2D eigenvalue weighted by atomic mass is 16.5. The first-order chi connectivity index (χ1) is 14.7. The third-order valence-electron chi connectivity index (χ3n) is 5.26. The Morgan fingerprint density at radius 3 is 2.60 bits per heavy atom. The van der Waals surface area contributed by atoms with Crippen LogP contribution in [0.5, 0.6) is 5.88 Å². The van der Waals surface area contributed by atoms with Crippen molar-refractivity contribution in [2.45, 2.75) is 39.5 Å². The first-order valence-corrected chi connectivity index (χ1v) is 10.5. The van der Waals surface area contributed by atoms with Crippen molar-refractivity contribution in [3.63, 3.8) is 0 Å². The van der Waals surface area contributed by atoms with Gasteiger partial charge in [0.15, 0.2) is 0 Å². The highest BCUT2D eigenvalue weighted by Crippen LogP contribution is 2.27. The van der Waals surface area contributed by atoms with Crippen molar-refractivity contribution in [1.82, 2.24) is 19.7 Å². The van der Waals surface area contributed by atoms with Crippen LogP contribution in [0.15, 0.2) is 60.7 Å². The largest absolute Gasteiger partial charge is 0.407 e. The summed E-state index contributed by atoms with van der Waals surface area (Å²) >= 11 is 0. The van der Waals surface area contributed by atoms with E-state index in [0.29, 0.717) is 11.8 Å². The van der Waals surface area contributed by atoms with Crippen LogP contribution in [0.4, 0.5) is 0 Å². The van der Waals surface area contributed by atoms with E-state index in [2.05, 4.69) is 16.9 Å². The van der Waals surface area contributed by atoms with Gasteiger partial charge in [-0.15, -0.1) is 0 Å². The van der Waals surface area contributed by atoms with Crippen molar-refractivity contribution in [2.24, 2.45) is 5.92 Å². The molecule has 0 saturated heterocycles. The summed E-state index contributed by atoms with van der Waals surface area (Å²) in [5, 5.41) is 4.69. The van der Waals surface area contributed by atoms with Crippen LogP contribution in [0.25, 0.3) is 28.2 Å². The van der Waals surface area contributed by atoms with Crippen molar-refractivity contribution in [3.05, 3.63) is 60.7 Å². The molecule has 0 radical (unpaired) electrons. The summed E-state index contributed by atoms with van der Waals surface area (Å²) in [5.74, 6) is 0.544. The fourth-order valence-corrected chi connectivity index (χ4v) is 3.50. The van der Waals surface area contributed by atoms with Gasteiger partial charge in [-0.3, -0.25) is 4.79 Å². The van der Waals surface area contributed by atoms with Gasteiger partial charge in [-0.1, -0.05) is 69.2 Å². The molecule has 4 rings (SSSR count). The molecule has 0 aliphatic carbocycles. The molecule has 0 spiro atoms. The first-order valence-electron chi connectivity index (χ1n) is 10.5. The van der Waals surface area contributed by atoms with Gasteiger partial charge in [0.1, 0.15) is 0 Å². The Labute approximate surface area is 175 Å². The summed E-state index contributed by atoms with van der Waals surface area (Å²) in [5.41, 5.74) is 3.40. The van der Waals surface area contributed by atoms with Crippen LogP contribution in [0, 0.1) is 5.92 Å². The molecule has 0 saturated carbocycles. The van der Waals surface area contributed by atoms with Crippen molar-refractivity contribution < 1.29 is 9.53 Å². The molecule has 6 heteroatoms. The zero-order valence-electron chi connectivity index (χ0n) is 17.3. The molecule has 2 aromatic heterocycles. The monoisotopic (exact) mass is 402 g/mol. The molecule has 0 amide bonds. The van der Waals surface area contributed by atoms with Gasteiger partial charge in [0.25, 0.3) is 0 Å². The van der Waals surface area contributed by atoms with E-state index >= 15 is 0 Å². The van der Waals surface area contributed by atoms with E-state index in [-0.39, 0.29) is 11.9 Å². The van der Waals surface area contributed by atoms with Gasteiger partial charge in [0.05, 0.1) is 22.6 Å². The van der Waals surface area contributed by atoms with Gasteiger partial charge in [-0.25, -0.2) is 4.98 Å². The minimum Gasteiger partial charge on any atom is -0.407 e. The van der Waals surface area contributed by atoms with Crippen LogP contribution < -0.4 is 4.74 Å². The number of imidazole rings is 1. The predicted octanol–water partition coefficient (Wildman–Crippen LogP) is 5.54. The van der Waals surface area contributed by atoms with Gasteiger partial charge in [-0.2, -0.15) is 9.78 Å². The lowest BCUT2D eigenvalue weighted by atomic mass is 10.00. The smallest absolute Gasteiger partial charge is 0.315 e. The third kappa shape index (κ3) is 4.13. The molecule has 0 fully saturated rings. The van der Waals surface area contributed by atoms with E-state index in [1.54, 1.807) is 10.7 Å². The van der Waals surface area contributed by atoms with Crippen molar-refractivity contribution in [1.29, 1.82) is 0 Å². The standard InChI is InChI=1S/C24H26N4O2/c1-3-5-11-17(4-2)23(29)30-22-16-21(18-12-7-6-8-13-18)27-28(22)24-25-19-14-9-10-15-20(19)26-24/h6-10,12-17H,3-5,11H2,1-2H3,(H,25,26)/t17-/m0/s1. The minimum absolute atomic E-state index is 0.121. The van der Waals surface area contributed by atoms with Gasteiger partial charge in [0.2, 0.25) is 11.8 Å². The first kappa shape index (κ1) is 19.9. The Morgan fingerprint density at radius 2 is 1.87 bits per heavy atom. The lowest BCUT2D eigenvalue weighted by molar-refractivity contribution is -0.139. The van der Waals surface area contributed by atoms with Crippen molar-refractivity contribution in [3.8, 4) is 23.1 Å². The number of nitrogens with zero attached hydrogens (tertiary/aromatic N) is 3. The van der Waals surface area contributed by atoms with Crippen molar-refractivity contribution >= 4 is 17.0 Å². The third-order valence-corrected chi connectivity index (χ3v) is 5.26. The van der Waals surface area contributed by atoms with Gasteiger partial charge in [-0.05, 0) is 25.0 Å². The highest BCUT2D eigenvalue weighted by Gasteiger charge is 2.22. The number of nitrogens with one attached hydrogen (secondary N) is 1. The SMILES string of the molecule is CCCC[C@H](CC)C(=O)Oc1cc(-c2ccccc2)nn1-c1nc2ccccc2[nH]1.